The van der Waals surface area contributed by atoms with Crippen LogP contribution >= 0.6 is 0 Å². The lowest BCUT2D eigenvalue weighted by Crippen LogP contribution is -2.01. The maximum absolute atomic E-state index is 13.4. The topological polar surface area (TPSA) is 14.2 Å². The molecule has 1 aromatic rings. The van der Waals surface area contributed by atoms with Crippen LogP contribution < -0.4 is 0 Å². The highest BCUT2D eigenvalue weighted by Gasteiger charge is 2.08. The lowest BCUT2D eigenvalue weighted by molar-refractivity contribution is 0.187. The Morgan fingerprint density at radius 1 is 1.71 bits per heavy atom. The highest BCUT2D eigenvalue weighted by molar-refractivity contribution is 5.14. The van der Waals surface area contributed by atoms with Crippen LogP contribution in [0.25, 0.3) is 0 Å². The van der Waals surface area contributed by atoms with E-state index in [2.05, 4.69) is 6.58 Å². The molecule has 2 nitrogen and oxygen atoms in total. The summed E-state index contributed by atoms with van der Waals surface area (Å²) in [7, 11) is 1.65. The second-order valence-corrected chi connectivity index (χ2v) is 3.17. The third-order valence-electron chi connectivity index (χ3n) is 2.06. The predicted molar refractivity (Wildman–Crippen MR) is 55.0 cm³/mol. The molecule has 1 rings (SSSR count). The summed E-state index contributed by atoms with van der Waals surface area (Å²) >= 11 is 0. The smallest absolute Gasteiger partial charge is 0.130 e. The van der Waals surface area contributed by atoms with E-state index in [4.69, 9.17) is 4.74 Å². The molecule has 0 fully saturated rings. The summed E-state index contributed by atoms with van der Waals surface area (Å²) in [5, 5.41) is 0. The number of aromatic nitrogens is 1. The average Bonchev–Trinajstić information content (AvgIpc) is 2.63. The van der Waals surface area contributed by atoms with Gasteiger partial charge in [-0.2, -0.15) is 0 Å². The number of rotatable bonds is 6. The summed E-state index contributed by atoms with van der Waals surface area (Å²) in [4.78, 5) is 0. The molecular weight excluding hydrogens is 181 g/mol. The first kappa shape index (κ1) is 11.0. The Bertz CT molecular complexity index is 283. The fraction of sp³-hybridized carbons (Fsp3) is 0.455. The van der Waals surface area contributed by atoms with Gasteiger partial charge in [-0.05, 0) is 6.07 Å². The SMILES string of the molecule is C=CCC(F)c1ccn(CCOC)c1. The van der Waals surface area contributed by atoms with Gasteiger partial charge in [0.05, 0.1) is 6.61 Å². The number of methoxy groups -OCH3 is 1. The first-order valence-corrected chi connectivity index (χ1v) is 4.67. The van der Waals surface area contributed by atoms with E-state index < -0.39 is 6.17 Å². The molecule has 0 aliphatic carbocycles. The van der Waals surface area contributed by atoms with Gasteiger partial charge in [-0.15, -0.1) is 6.58 Å². The molecule has 0 N–H and O–H groups in total. The minimum atomic E-state index is -0.934. The van der Waals surface area contributed by atoms with Crippen LogP contribution in [0.3, 0.4) is 0 Å². The molecule has 1 unspecified atom stereocenters. The quantitative estimate of drug-likeness (QED) is 0.639. The summed E-state index contributed by atoms with van der Waals surface area (Å²) in [6, 6.07) is 1.80. The first-order valence-electron chi connectivity index (χ1n) is 4.67. The highest BCUT2D eigenvalue weighted by Crippen LogP contribution is 2.21. The zero-order valence-electron chi connectivity index (χ0n) is 8.45. The Hall–Kier alpha value is -1.09. The van der Waals surface area contributed by atoms with Crippen LogP contribution in [0.2, 0.25) is 0 Å². The monoisotopic (exact) mass is 197 g/mol. The van der Waals surface area contributed by atoms with Crippen LogP contribution in [0.15, 0.2) is 31.1 Å². The van der Waals surface area contributed by atoms with Gasteiger partial charge in [0.15, 0.2) is 0 Å². The fourth-order valence-corrected chi connectivity index (χ4v) is 1.26. The van der Waals surface area contributed by atoms with Crippen LogP contribution in [0.1, 0.15) is 18.2 Å². The third kappa shape index (κ3) is 3.00. The number of alkyl halides is 1. The lowest BCUT2D eigenvalue weighted by Gasteiger charge is -2.02. The predicted octanol–water partition coefficient (Wildman–Crippen LogP) is 2.72. The van der Waals surface area contributed by atoms with Crippen molar-refractivity contribution in [2.45, 2.75) is 19.1 Å². The molecule has 1 atom stereocenters. The van der Waals surface area contributed by atoms with Gasteiger partial charge >= 0.3 is 0 Å². The third-order valence-corrected chi connectivity index (χ3v) is 2.06. The van der Waals surface area contributed by atoms with Crippen molar-refractivity contribution in [2.75, 3.05) is 13.7 Å². The zero-order valence-corrected chi connectivity index (χ0v) is 8.45. The standard InChI is InChI=1S/C11H16FNO/c1-3-4-11(12)10-5-6-13(9-10)7-8-14-2/h3,5-6,9,11H,1,4,7-8H2,2H3. The zero-order chi connectivity index (χ0) is 10.4. The van der Waals surface area contributed by atoms with Gasteiger partial charge in [-0.3, -0.25) is 0 Å². The molecule has 0 aromatic carbocycles. The molecular formula is C11H16FNO. The van der Waals surface area contributed by atoms with Crippen LogP contribution in [0.5, 0.6) is 0 Å². The molecule has 3 heteroatoms. The molecule has 0 bridgehead atoms. The molecule has 0 aliphatic rings. The molecule has 0 amide bonds. The van der Waals surface area contributed by atoms with Gasteiger partial charge in [0.25, 0.3) is 0 Å². The molecule has 0 radical (unpaired) electrons. The van der Waals surface area contributed by atoms with Gasteiger partial charge in [-0.25, -0.2) is 4.39 Å². The van der Waals surface area contributed by atoms with Gasteiger partial charge < -0.3 is 9.30 Å². The van der Waals surface area contributed by atoms with Crippen LogP contribution in [-0.2, 0) is 11.3 Å². The molecule has 14 heavy (non-hydrogen) atoms. The van der Waals surface area contributed by atoms with Crippen molar-refractivity contribution < 1.29 is 9.13 Å². The summed E-state index contributed by atoms with van der Waals surface area (Å²) in [6.45, 7) is 4.92. The second-order valence-electron chi connectivity index (χ2n) is 3.17. The largest absolute Gasteiger partial charge is 0.383 e. The van der Waals surface area contributed by atoms with Gasteiger partial charge in [0.2, 0.25) is 0 Å². The Labute approximate surface area is 84.0 Å². The van der Waals surface area contributed by atoms with Crippen molar-refractivity contribution >= 4 is 0 Å². The first-order chi connectivity index (χ1) is 6.77. The molecule has 1 heterocycles. The molecule has 0 spiro atoms. The molecule has 0 saturated heterocycles. The van der Waals surface area contributed by atoms with Crippen molar-refractivity contribution in [1.82, 2.24) is 4.57 Å². The van der Waals surface area contributed by atoms with Crippen molar-refractivity contribution in [3.8, 4) is 0 Å². The van der Waals surface area contributed by atoms with E-state index in [0.29, 0.717) is 18.6 Å². The Morgan fingerprint density at radius 2 is 2.50 bits per heavy atom. The molecule has 78 valence electrons. The summed E-state index contributed by atoms with van der Waals surface area (Å²) in [6.07, 6.45) is 4.71. The number of hydrogen-bond acceptors (Lipinski definition) is 1. The van der Waals surface area contributed by atoms with Crippen molar-refractivity contribution in [1.29, 1.82) is 0 Å². The van der Waals surface area contributed by atoms with E-state index in [9.17, 15) is 4.39 Å². The number of ether oxygens (including phenoxy) is 1. The van der Waals surface area contributed by atoms with E-state index in [0.717, 1.165) is 6.54 Å². The maximum atomic E-state index is 13.4. The van der Waals surface area contributed by atoms with Gasteiger partial charge in [0, 0.05) is 38.0 Å². The highest BCUT2D eigenvalue weighted by atomic mass is 19.1. The van der Waals surface area contributed by atoms with E-state index in [1.165, 1.54) is 0 Å². The number of nitrogens with zero attached hydrogens (tertiary/aromatic N) is 1. The number of hydrogen-bond donors (Lipinski definition) is 0. The van der Waals surface area contributed by atoms with Crippen LogP contribution in [-0.4, -0.2) is 18.3 Å². The van der Waals surface area contributed by atoms with E-state index in [1.54, 1.807) is 19.3 Å². The van der Waals surface area contributed by atoms with E-state index in [-0.39, 0.29) is 0 Å². The normalized spacial score (nSPS) is 12.7. The maximum Gasteiger partial charge on any atom is 0.130 e. The Balaban J connectivity index is 2.53. The number of halogens is 1. The molecule has 1 aromatic heterocycles. The van der Waals surface area contributed by atoms with Crippen molar-refractivity contribution in [2.24, 2.45) is 0 Å². The second kappa shape index (κ2) is 5.60. The summed E-state index contributed by atoms with van der Waals surface area (Å²) in [5.41, 5.74) is 0.709. The van der Waals surface area contributed by atoms with Crippen molar-refractivity contribution in [3.05, 3.63) is 36.7 Å². The van der Waals surface area contributed by atoms with Crippen molar-refractivity contribution in [3.63, 3.8) is 0 Å². The van der Waals surface area contributed by atoms with E-state index in [1.807, 2.05) is 17.0 Å². The minimum absolute atomic E-state index is 0.369. The Kier molecular flexibility index (Phi) is 4.40. The Morgan fingerprint density at radius 3 is 3.14 bits per heavy atom. The number of allylic oxidation sites excluding steroid dienone is 1. The summed E-state index contributed by atoms with van der Waals surface area (Å²) in [5.74, 6) is 0. The van der Waals surface area contributed by atoms with Gasteiger partial charge in [-0.1, -0.05) is 6.08 Å². The fourth-order valence-electron chi connectivity index (χ4n) is 1.26. The van der Waals surface area contributed by atoms with Crippen LogP contribution in [0, 0.1) is 0 Å². The van der Waals surface area contributed by atoms with E-state index >= 15 is 0 Å². The molecule has 0 saturated carbocycles. The average molecular weight is 197 g/mol. The van der Waals surface area contributed by atoms with Crippen LogP contribution in [0.4, 0.5) is 4.39 Å². The molecule has 0 aliphatic heterocycles. The lowest BCUT2D eigenvalue weighted by atomic mass is 10.1. The minimum Gasteiger partial charge on any atom is -0.383 e. The summed E-state index contributed by atoms with van der Waals surface area (Å²) < 4.78 is 20.2. The van der Waals surface area contributed by atoms with Gasteiger partial charge in [0.1, 0.15) is 6.17 Å².